The van der Waals surface area contributed by atoms with Crippen LogP contribution in [0.2, 0.25) is 0 Å². The van der Waals surface area contributed by atoms with E-state index < -0.39 is 0 Å². The SMILES string of the molecule is CCNC(=NCc1cccc(CN(CC)CC)c1)NCc1ccnn1C.I. The molecule has 0 amide bonds. The van der Waals surface area contributed by atoms with E-state index in [1.54, 1.807) is 0 Å². The highest BCUT2D eigenvalue weighted by Crippen LogP contribution is 2.09. The van der Waals surface area contributed by atoms with Gasteiger partial charge in [-0.25, -0.2) is 4.99 Å². The zero-order valence-corrected chi connectivity index (χ0v) is 19.2. The van der Waals surface area contributed by atoms with Crippen LogP contribution in [0.25, 0.3) is 0 Å². The van der Waals surface area contributed by atoms with Gasteiger partial charge in [-0.3, -0.25) is 9.58 Å². The smallest absolute Gasteiger partial charge is 0.191 e. The molecule has 0 spiro atoms. The molecule has 0 aliphatic carbocycles. The highest BCUT2D eigenvalue weighted by molar-refractivity contribution is 14.0. The third-order valence-corrected chi connectivity index (χ3v) is 4.42. The lowest BCUT2D eigenvalue weighted by atomic mass is 10.1. The van der Waals surface area contributed by atoms with E-state index >= 15 is 0 Å². The Labute approximate surface area is 180 Å². The number of aryl methyl sites for hydroxylation is 1. The summed E-state index contributed by atoms with van der Waals surface area (Å²) < 4.78 is 1.87. The summed E-state index contributed by atoms with van der Waals surface area (Å²) in [6, 6.07) is 10.7. The molecule has 27 heavy (non-hydrogen) atoms. The van der Waals surface area contributed by atoms with E-state index in [9.17, 15) is 0 Å². The van der Waals surface area contributed by atoms with Crippen molar-refractivity contribution in [1.82, 2.24) is 25.3 Å². The van der Waals surface area contributed by atoms with Gasteiger partial charge in [0, 0.05) is 26.3 Å². The Morgan fingerprint density at radius 3 is 2.48 bits per heavy atom. The lowest BCUT2D eigenvalue weighted by Gasteiger charge is -2.18. The average molecular weight is 484 g/mol. The summed E-state index contributed by atoms with van der Waals surface area (Å²) >= 11 is 0. The van der Waals surface area contributed by atoms with Gasteiger partial charge in [-0.05, 0) is 37.2 Å². The number of hydrogen-bond acceptors (Lipinski definition) is 3. The summed E-state index contributed by atoms with van der Waals surface area (Å²) in [5, 5.41) is 10.9. The molecule has 1 aromatic carbocycles. The average Bonchev–Trinajstić information content (AvgIpc) is 3.07. The standard InChI is InChI=1S/C20H32N6.HI/c1-5-21-20(23-15-19-11-12-24-25(19)4)22-14-17-9-8-10-18(13-17)16-26(6-2)7-3;/h8-13H,5-7,14-16H2,1-4H3,(H2,21,22,23);1H. The second-order valence-electron chi connectivity index (χ2n) is 6.28. The summed E-state index contributed by atoms with van der Waals surface area (Å²) in [5.74, 6) is 0.822. The monoisotopic (exact) mass is 484 g/mol. The van der Waals surface area contributed by atoms with Gasteiger partial charge in [0.2, 0.25) is 0 Å². The molecular formula is C20H33IN6. The first kappa shape index (κ1) is 23.4. The molecule has 1 aromatic heterocycles. The summed E-state index contributed by atoms with van der Waals surface area (Å²) in [6.07, 6.45) is 1.81. The van der Waals surface area contributed by atoms with Gasteiger partial charge in [0.15, 0.2) is 5.96 Å². The van der Waals surface area contributed by atoms with Gasteiger partial charge in [0.1, 0.15) is 0 Å². The lowest BCUT2D eigenvalue weighted by molar-refractivity contribution is 0.296. The quantitative estimate of drug-likeness (QED) is 0.326. The van der Waals surface area contributed by atoms with Crippen LogP contribution in [0.15, 0.2) is 41.5 Å². The summed E-state index contributed by atoms with van der Waals surface area (Å²) in [4.78, 5) is 7.14. The Bertz CT molecular complexity index is 693. The predicted octanol–water partition coefficient (Wildman–Crippen LogP) is 3.14. The van der Waals surface area contributed by atoms with Crippen molar-refractivity contribution in [2.45, 2.75) is 40.4 Å². The zero-order chi connectivity index (χ0) is 18.8. The van der Waals surface area contributed by atoms with Crippen LogP contribution in [-0.2, 0) is 26.7 Å². The highest BCUT2D eigenvalue weighted by Gasteiger charge is 2.04. The van der Waals surface area contributed by atoms with Gasteiger partial charge in [-0.2, -0.15) is 5.10 Å². The van der Waals surface area contributed by atoms with E-state index in [0.717, 1.165) is 37.8 Å². The van der Waals surface area contributed by atoms with Gasteiger partial charge in [-0.15, -0.1) is 24.0 Å². The van der Waals surface area contributed by atoms with Crippen molar-refractivity contribution in [3.8, 4) is 0 Å². The van der Waals surface area contributed by atoms with Gasteiger partial charge in [0.05, 0.1) is 18.8 Å². The van der Waals surface area contributed by atoms with Crippen molar-refractivity contribution < 1.29 is 0 Å². The zero-order valence-electron chi connectivity index (χ0n) is 16.9. The van der Waals surface area contributed by atoms with Crippen molar-refractivity contribution in [3.63, 3.8) is 0 Å². The first-order valence-corrected chi connectivity index (χ1v) is 9.45. The fraction of sp³-hybridized carbons (Fsp3) is 0.500. The van der Waals surface area contributed by atoms with E-state index in [4.69, 9.17) is 4.99 Å². The molecule has 0 unspecified atom stereocenters. The maximum Gasteiger partial charge on any atom is 0.191 e. The third-order valence-electron chi connectivity index (χ3n) is 4.42. The molecule has 7 heteroatoms. The number of nitrogens with one attached hydrogen (secondary N) is 2. The Kier molecular flexibility index (Phi) is 11.0. The van der Waals surface area contributed by atoms with Crippen LogP contribution < -0.4 is 10.6 Å². The van der Waals surface area contributed by atoms with Crippen molar-refractivity contribution in [3.05, 3.63) is 53.3 Å². The molecular weight excluding hydrogens is 451 g/mol. The van der Waals surface area contributed by atoms with Crippen LogP contribution >= 0.6 is 24.0 Å². The molecule has 0 saturated heterocycles. The van der Waals surface area contributed by atoms with Crippen molar-refractivity contribution >= 4 is 29.9 Å². The number of aliphatic imine (C=N–C) groups is 1. The molecule has 150 valence electrons. The van der Waals surface area contributed by atoms with E-state index in [1.165, 1.54) is 11.1 Å². The molecule has 0 aliphatic heterocycles. The van der Waals surface area contributed by atoms with Crippen molar-refractivity contribution in [1.29, 1.82) is 0 Å². The lowest BCUT2D eigenvalue weighted by Crippen LogP contribution is -2.37. The first-order chi connectivity index (χ1) is 12.7. The minimum absolute atomic E-state index is 0. The summed E-state index contributed by atoms with van der Waals surface area (Å²) in [7, 11) is 1.95. The van der Waals surface area contributed by atoms with E-state index in [0.29, 0.717) is 13.1 Å². The van der Waals surface area contributed by atoms with Gasteiger partial charge in [0.25, 0.3) is 0 Å². The molecule has 0 atom stereocenters. The number of nitrogens with zero attached hydrogens (tertiary/aromatic N) is 4. The molecule has 0 radical (unpaired) electrons. The van der Waals surface area contributed by atoms with Crippen LogP contribution in [0.3, 0.4) is 0 Å². The Balaban J connectivity index is 0.00000364. The largest absolute Gasteiger partial charge is 0.357 e. The Morgan fingerprint density at radius 1 is 1.11 bits per heavy atom. The Hall–Kier alpha value is -1.61. The number of hydrogen-bond donors (Lipinski definition) is 2. The molecule has 2 N–H and O–H groups in total. The maximum atomic E-state index is 4.72. The van der Waals surface area contributed by atoms with E-state index in [1.807, 2.05) is 24.0 Å². The van der Waals surface area contributed by atoms with Gasteiger partial charge >= 0.3 is 0 Å². The molecule has 2 rings (SSSR count). The van der Waals surface area contributed by atoms with Gasteiger partial charge in [-0.1, -0.05) is 38.1 Å². The van der Waals surface area contributed by atoms with Crippen molar-refractivity contribution in [2.24, 2.45) is 12.0 Å². The minimum atomic E-state index is 0. The van der Waals surface area contributed by atoms with Crippen LogP contribution in [0.5, 0.6) is 0 Å². The second kappa shape index (κ2) is 12.7. The topological polar surface area (TPSA) is 57.5 Å². The number of benzene rings is 1. The summed E-state index contributed by atoms with van der Waals surface area (Å²) in [6.45, 7) is 11.8. The molecule has 6 nitrogen and oxygen atoms in total. The highest BCUT2D eigenvalue weighted by atomic mass is 127. The Morgan fingerprint density at radius 2 is 1.85 bits per heavy atom. The molecule has 2 aromatic rings. The maximum absolute atomic E-state index is 4.72. The molecule has 0 aliphatic rings. The number of rotatable bonds is 9. The normalized spacial score (nSPS) is 11.4. The van der Waals surface area contributed by atoms with Crippen LogP contribution in [0.4, 0.5) is 0 Å². The number of halogens is 1. The van der Waals surface area contributed by atoms with Crippen molar-refractivity contribution in [2.75, 3.05) is 19.6 Å². The van der Waals surface area contributed by atoms with Gasteiger partial charge < -0.3 is 10.6 Å². The van der Waals surface area contributed by atoms with Crippen LogP contribution in [-0.4, -0.2) is 40.3 Å². The van der Waals surface area contributed by atoms with E-state index in [-0.39, 0.29) is 24.0 Å². The summed E-state index contributed by atoms with van der Waals surface area (Å²) in [5.41, 5.74) is 3.69. The number of aromatic nitrogens is 2. The predicted molar refractivity (Wildman–Crippen MR) is 123 cm³/mol. The fourth-order valence-electron chi connectivity index (χ4n) is 2.79. The van der Waals surface area contributed by atoms with Crippen LogP contribution in [0.1, 0.15) is 37.6 Å². The fourth-order valence-corrected chi connectivity index (χ4v) is 2.79. The second-order valence-corrected chi connectivity index (χ2v) is 6.28. The molecule has 0 bridgehead atoms. The van der Waals surface area contributed by atoms with E-state index in [2.05, 4.69) is 65.7 Å². The minimum Gasteiger partial charge on any atom is -0.357 e. The first-order valence-electron chi connectivity index (χ1n) is 9.45. The molecule has 0 saturated carbocycles. The number of guanidine groups is 1. The van der Waals surface area contributed by atoms with Crippen LogP contribution in [0, 0.1) is 0 Å². The third kappa shape index (κ3) is 7.88. The molecule has 1 heterocycles. The molecule has 0 fully saturated rings.